The maximum Gasteiger partial charge on any atom is 0.233 e. The Morgan fingerprint density at radius 1 is 1.50 bits per heavy atom. The minimum Gasteiger partial charge on any atom is -0.497 e. The molecule has 1 rings (SSSR count). The van der Waals surface area contributed by atoms with Crippen LogP contribution in [0.1, 0.15) is 19.4 Å². The summed E-state index contributed by atoms with van der Waals surface area (Å²) in [6.45, 7) is 3.67. The molecule has 0 fully saturated rings. The zero-order chi connectivity index (χ0) is 15.2. The second-order valence-corrected chi connectivity index (χ2v) is 4.97. The van der Waals surface area contributed by atoms with E-state index in [0.717, 1.165) is 11.3 Å². The largest absolute Gasteiger partial charge is 0.497 e. The highest BCUT2D eigenvalue weighted by Crippen LogP contribution is 2.16. The van der Waals surface area contributed by atoms with Gasteiger partial charge in [-0.05, 0) is 38.0 Å². The Labute approximate surface area is 118 Å². The van der Waals surface area contributed by atoms with Crippen LogP contribution in [0.5, 0.6) is 5.75 Å². The maximum absolute atomic E-state index is 12.0. The third-order valence-corrected chi connectivity index (χ3v) is 3.15. The Balaban J connectivity index is 2.54. The number of nitrogens with two attached hydrogens (primary N) is 1. The number of oxime groups is 1. The first-order valence-corrected chi connectivity index (χ1v) is 6.31. The van der Waals surface area contributed by atoms with Gasteiger partial charge >= 0.3 is 0 Å². The Morgan fingerprint density at radius 3 is 2.80 bits per heavy atom. The van der Waals surface area contributed by atoms with Gasteiger partial charge in [-0.2, -0.15) is 0 Å². The molecule has 0 saturated heterocycles. The van der Waals surface area contributed by atoms with Crippen molar-refractivity contribution in [2.24, 2.45) is 16.3 Å². The van der Waals surface area contributed by atoms with Crippen molar-refractivity contribution in [1.82, 2.24) is 5.32 Å². The summed E-state index contributed by atoms with van der Waals surface area (Å²) >= 11 is 0. The lowest BCUT2D eigenvalue weighted by Crippen LogP contribution is -2.46. The zero-order valence-corrected chi connectivity index (χ0v) is 12.0. The smallest absolute Gasteiger partial charge is 0.233 e. The van der Waals surface area contributed by atoms with Crippen LogP contribution in [0.2, 0.25) is 0 Å². The van der Waals surface area contributed by atoms with Gasteiger partial charge < -0.3 is 21.0 Å². The fourth-order valence-electron chi connectivity index (χ4n) is 1.61. The van der Waals surface area contributed by atoms with E-state index in [-0.39, 0.29) is 11.7 Å². The maximum atomic E-state index is 12.0. The third kappa shape index (κ3) is 3.88. The van der Waals surface area contributed by atoms with Crippen LogP contribution in [-0.4, -0.2) is 30.6 Å². The van der Waals surface area contributed by atoms with Crippen molar-refractivity contribution in [3.63, 3.8) is 0 Å². The summed E-state index contributed by atoms with van der Waals surface area (Å²) in [5, 5.41) is 14.3. The van der Waals surface area contributed by atoms with Crippen molar-refractivity contribution in [2.45, 2.75) is 20.3 Å². The number of hydrogen-bond acceptors (Lipinski definition) is 4. The molecule has 0 aliphatic rings. The van der Waals surface area contributed by atoms with E-state index in [4.69, 9.17) is 15.7 Å². The molecule has 0 bridgehead atoms. The summed E-state index contributed by atoms with van der Waals surface area (Å²) in [6, 6.07) is 7.64. The molecule has 110 valence electrons. The van der Waals surface area contributed by atoms with Crippen LogP contribution < -0.4 is 15.8 Å². The lowest BCUT2D eigenvalue weighted by atomic mass is 9.91. The van der Waals surface area contributed by atoms with Crippen LogP contribution in [0.25, 0.3) is 0 Å². The van der Waals surface area contributed by atoms with Crippen molar-refractivity contribution in [2.75, 3.05) is 13.7 Å². The van der Waals surface area contributed by atoms with Gasteiger partial charge in [0.15, 0.2) is 5.84 Å². The van der Waals surface area contributed by atoms with Crippen molar-refractivity contribution in [1.29, 1.82) is 0 Å². The Kier molecular flexibility index (Phi) is 5.37. The third-order valence-electron chi connectivity index (χ3n) is 3.15. The topological polar surface area (TPSA) is 96.9 Å². The molecule has 0 aliphatic heterocycles. The van der Waals surface area contributed by atoms with Crippen LogP contribution in [0.15, 0.2) is 29.4 Å². The predicted molar refractivity (Wildman–Crippen MR) is 76.9 cm³/mol. The highest BCUT2D eigenvalue weighted by molar-refractivity contribution is 6.05. The molecular weight excluding hydrogens is 258 g/mol. The fourth-order valence-corrected chi connectivity index (χ4v) is 1.61. The molecule has 20 heavy (non-hydrogen) atoms. The van der Waals surface area contributed by atoms with Crippen LogP contribution >= 0.6 is 0 Å². The van der Waals surface area contributed by atoms with E-state index in [1.807, 2.05) is 24.3 Å². The fraction of sp³-hybridized carbons (Fsp3) is 0.429. The first-order chi connectivity index (χ1) is 9.41. The number of benzene rings is 1. The summed E-state index contributed by atoms with van der Waals surface area (Å²) < 4.78 is 5.14. The summed E-state index contributed by atoms with van der Waals surface area (Å²) in [5.74, 6) is 0.387. The molecule has 0 spiro atoms. The normalized spacial score (nSPS) is 12.1. The number of carbonyl (C=O) groups is 1. The molecule has 0 radical (unpaired) electrons. The van der Waals surface area contributed by atoms with Crippen LogP contribution in [0, 0.1) is 5.41 Å². The second kappa shape index (κ2) is 6.79. The molecule has 0 aliphatic carbocycles. The van der Waals surface area contributed by atoms with E-state index < -0.39 is 5.41 Å². The van der Waals surface area contributed by atoms with Gasteiger partial charge in [0.1, 0.15) is 11.2 Å². The Hall–Kier alpha value is -2.24. The van der Waals surface area contributed by atoms with E-state index in [9.17, 15) is 4.79 Å². The second-order valence-electron chi connectivity index (χ2n) is 4.97. The highest BCUT2D eigenvalue weighted by atomic mass is 16.5. The van der Waals surface area contributed by atoms with Crippen molar-refractivity contribution in [3.8, 4) is 5.75 Å². The lowest BCUT2D eigenvalue weighted by molar-refractivity contribution is -0.126. The van der Waals surface area contributed by atoms with Crippen molar-refractivity contribution in [3.05, 3.63) is 29.8 Å². The monoisotopic (exact) mass is 279 g/mol. The molecule has 1 amide bonds. The molecule has 0 aromatic heterocycles. The Bertz CT molecular complexity index is 498. The number of rotatable bonds is 6. The number of methoxy groups -OCH3 is 1. The van der Waals surface area contributed by atoms with Gasteiger partial charge in [0.2, 0.25) is 5.91 Å². The minimum atomic E-state index is -1.04. The highest BCUT2D eigenvalue weighted by Gasteiger charge is 2.32. The zero-order valence-electron chi connectivity index (χ0n) is 12.0. The van der Waals surface area contributed by atoms with E-state index in [0.29, 0.717) is 13.0 Å². The standard InChI is InChI=1S/C14H21N3O3/c1-14(2,12(15)17-19)13(18)16-8-7-10-5-4-6-11(9-10)20-3/h4-6,9,19H,7-8H2,1-3H3,(H2,15,17)(H,16,18). The molecule has 4 N–H and O–H groups in total. The summed E-state index contributed by atoms with van der Waals surface area (Å²) in [7, 11) is 1.61. The number of ether oxygens (including phenoxy) is 1. The molecule has 6 heteroatoms. The van der Waals surface area contributed by atoms with E-state index in [2.05, 4.69) is 10.5 Å². The number of carbonyl (C=O) groups excluding carboxylic acids is 1. The summed E-state index contributed by atoms with van der Waals surface area (Å²) in [6.07, 6.45) is 0.676. The molecule has 0 atom stereocenters. The average molecular weight is 279 g/mol. The molecular formula is C14H21N3O3. The molecule has 0 saturated carbocycles. The minimum absolute atomic E-state index is 0.114. The predicted octanol–water partition coefficient (Wildman–Crippen LogP) is 1.13. The van der Waals surface area contributed by atoms with Crippen molar-refractivity contribution < 1.29 is 14.7 Å². The first-order valence-electron chi connectivity index (χ1n) is 6.31. The van der Waals surface area contributed by atoms with E-state index >= 15 is 0 Å². The summed E-state index contributed by atoms with van der Waals surface area (Å²) in [4.78, 5) is 12.0. The molecule has 6 nitrogen and oxygen atoms in total. The van der Waals surface area contributed by atoms with Gasteiger partial charge in [-0.3, -0.25) is 4.79 Å². The van der Waals surface area contributed by atoms with Gasteiger partial charge in [-0.25, -0.2) is 0 Å². The molecule has 1 aromatic carbocycles. The van der Waals surface area contributed by atoms with Gasteiger partial charge in [0, 0.05) is 6.54 Å². The van der Waals surface area contributed by atoms with Gasteiger partial charge in [-0.15, -0.1) is 0 Å². The van der Waals surface area contributed by atoms with Gasteiger partial charge in [0.25, 0.3) is 0 Å². The molecule has 0 heterocycles. The van der Waals surface area contributed by atoms with Crippen molar-refractivity contribution >= 4 is 11.7 Å². The van der Waals surface area contributed by atoms with Crippen LogP contribution in [0.4, 0.5) is 0 Å². The lowest BCUT2D eigenvalue weighted by Gasteiger charge is -2.21. The van der Waals surface area contributed by atoms with E-state index in [1.165, 1.54) is 0 Å². The number of amidine groups is 1. The number of nitrogens with one attached hydrogen (secondary N) is 1. The van der Waals surface area contributed by atoms with Crippen LogP contribution in [0.3, 0.4) is 0 Å². The Morgan fingerprint density at radius 2 is 2.20 bits per heavy atom. The SMILES string of the molecule is COc1cccc(CCNC(=O)C(C)(C)/C(N)=N/O)c1. The summed E-state index contributed by atoms with van der Waals surface area (Å²) in [5.41, 5.74) is 5.52. The first kappa shape index (κ1) is 15.8. The molecule has 0 unspecified atom stereocenters. The van der Waals surface area contributed by atoms with E-state index in [1.54, 1.807) is 21.0 Å². The molecule has 1 aromatic rings. The number of amides is 1. The average Bonchev–Trinajstić information content (AvgIpc) is 2.46. The number of hydrogen-bond donors (Lipinski definition) is 3. The number of nitrogens with zero attached hydrogens (tertiary/aromatic N) is 1. The van der Waals surface area contributed by atoms with Gasteiger partial charge in [0.05, 0.1) is 7.11 Å². The van der Waals surface area contributed by atoms with Gasteiger partial charge in [-0.1, -0.05) is 17.3 Å². The quantitative estimate of drug-likeness (QED) is 0.315. The van der Waals surface area contributed by atoms with Crippen LogP contribution in [-0.2, 0) is 11.2 Å².